The molecule has 0 aromatic heterocycles. The molecule has 2 rings (SSSR count). The lowest BCUT2D eigenvalue weighted by molar-refractivity contribution is -0.137. The number of hydrogen-bond donors (Lipinski definition) is 1. The Labute approximate surface area is 140 Å². The highest BCUT2D eigenvalue weighted by Crippen LogP contribution is 2.33. The topological polar surface area (TPSA) is 55.4 Å². The Hall–Kier alpha value is -2.54. The van der Waals surface area contributed by atoms with Crippen LogP contribution >= 0.6 is 11.6 Å². The van der Waals surface area contributed by atoms with Crippen LogP contribution in [0, 0.1) is 0 Å². The third kappa shape index (κ3) is 4.05. The van der Waals surface area contributed by atoms with Gasteiger partial charge >= 0.3 is 12.1 Å². The second-order valence-corrected chi connectivity index (χ2v) is 5.12. The molecular weight excluding hydrogens is 347 g/mol. The van der Waals surface area contributed by atoms with Crippen LogP contribution in [0.4, 0.5) is 18.9 Å². The highest BCUT2D eigenvalue weighted by molar-refractivity contribution is 6.34. The van der Waals surface area contributed by atoms with E-state index in [4.69, 9.17) is 11.6 Å². The molecule has 0 saturated heterocycles. The van der Waals surface area contributed by atoms with Crippen molar-refractivity contribution >= 4 is 29.2 Å². The summed E-state index contributed by atoms with van der Waals surface area (Å²) in [5.41, 5.74) is -0.695. The maximum absolute atomic E-state index is 12.7. The summed E-state index contributed by atoms with van der Waals surface area (Å²) in [6, 6.07) is 8.07. The van der Waals surface area contributed by atoms with E-state index in [-0.39, 0.29) is 21.8 Å². The third-order valence-electron chi connectivity index (χ3n) is 3.11. The molecule has 0 unspecified atom stereocenters. The van der Waals surface area contributed by atoms with Crippen molar-refractivity contribution in [2.75, 3.05) is 12.4 Å². The molecule has 0 spiro atoms. The predicted molar refractivity (Wildman–Crippen MR) is 82.2 cm³/mol. The van der Waals surface area contributed by atoms with Gasteiger partial charge in [-0.25, -0.2) is 4.79 Å². The van der Waals surface area contributed by atoms with Gasteiger partial charge in [-0.05, 0) is 42.5 Å². The maximum atomic E-state index is 12.7. The van der Waals surface area contributed by atoms with Crippen molar-refractivity contribution in [3.63, 3.8) is 0 Å². The molecular formula is C16H11ClF3NO3. The van der Waals surface area contributed by atoms with Gasteiger partial charge in [0, 0.05) is 5.56 Å². The Morgan fingerprint density at radius 3 is 2.17 bits per heavy atom. The molecule has 0 fully saturated rings. The molecule has 8 heteroatoms. The fourth-order valence-corrected chi connectivity index (χ4v) is 2.03. The van der Waals surface area contributed by atoms with Gasteiger partial charge in [-0.15, -0.1) is 0 Å². The quantitative estimate of drug-likeness (QED) is 0.828. The first-order valence-electron chi connectivity index (χ1n) is 6.59. The normalized spacial score (nSPS) is 11.0. The lowest BCUT2D eigenvalue weighted by Crippen LogP contribution is -2.14. The number of methoxy groups -OCH3 is 1. The van der Waals surface area contributed by atoms with E-state index in [1.54, 1.807) is 0 Å². The average Bonchev–Trinajstić information content (AvgIpc) is 2.55. The van der Waals surface area contributed by atoms with Gasteiger partial charge in [0.2, 0.25) is 0 Å². The maximum Gasteiger partial charge on any atom is 0.416 e. The summed E-state index contributed by atoms with van der Waals surface area (Å²) in [6.45, 7) is 0. The Morgan fingerprint density at radius 1 is 1.04 bits per heavy atom. The number of anilines is 1. The molecule has 0 heterocycles. The van der Waals surface area contributed by atoms with E-state index in [0.29, 0.717) is 0 Å². The predicted octanol–water partition coefficient (Wildman–Crippen LogP) is 4.40. The number of rotatable bonds is 3. The van der Waals surface area contributed by atoms with Gasteiger partial charge in [0.05, 0.1) is 28.9 Å². The molecule has 0 aliphatic rings. The van der Waals surface area contributed by atoms with Gasteiger partial charge in [0.1, 0.15) is 0 Å². The molecule has 2 aromatic rings. The Morgan fingerprint density at radius 2 is 1.62 bits per heavy atom. The van der Waals surface area contributed by atoms with E-state index in [1.807, 2.05) is 0 Å². The molecule has 1 amide bonds. The fourth-order valence-electron chi connectivity index (χ4n) is 1.87. The molecule has 0 radical (unpaired) electrons. The Kier molecular flexibility index (Phi) is 5.14. The summed E-state index contributed by atoms with van der Waals surface area (Å²) < 4.78 is 42.7. The van der Waals surface area contributed by atoms with Crippen molar-refractivity contribution < 1.29 is 27.5 Å². The second kappa shape index (κ2) is 6.92. The van der Waals surface area contributed by atoms with Crippen LogP contribution in [0.2, 0.25) is 5.02 Å². The molecule has 0 aliphatic heterocycles. The van der Waals surface area contributed by atoms with Gasteiger partial charge in [0.15, 0.2) is 0 Å². The largest absolute Gasteiger partial charge is 0.465 e. The summed E-state index contributed by atoms with van der Waals surface area (Å²) in [7, 11) is 1.22. The minimum absolute atomic E-state index is 0.0254. The summed E-state index contributed by atoms with van der Waals surface area (Å²) in [4.78, 5) is 23.4. The zero-order valence-corrected chi connectivity index (χ0v) is 13.0. The van der Waals surface area contributed by atoms with E-state index >= 15 is 0 Å². The number of benzene rings is 2. The lowest BCUT2D eigenvalue weighted by Gasteiger charge is -2.11. The van der Waals surface area contributed by atoms with Crippen LogP contribution in [0.5, 0.6) is 0 Å². The highest BCUT2D eigenvalue weighted by atomic mass is 35.5. The molecule has 24 heavy (non-hydrogen) atoms. The first kappa shape index (κ1) is 17.8. The van der Waals surface area contributed by atoms with Crippen molar-refractivity contribution in [3.8, 4) is 0 Å². The Bertz CT molecular complexity index is 773. The number of carbonyl (C=O) groups is 2. The first-order chi connectivity index (χ1) is 11.2. The lowest BCUT2D eigenvalue weighted by atomic mass is 10.1. The average molecular weight is 358 g/mol. The molecule has 4 nitrogen and oxygen atoms in total. The molecule has 1 N–H and O–H groups in total. The number of halogens is 4. The minimum Gasteiger partial charge on any atom is -0.465 e. The van der Waals surface area contributed by atoms with Crippen LogP contribution in [0.15, 0.2) is 42.5 Å². The van der Waals surface area contributed by atoms with Crippen LogP contribution in [0.1, 0.15) is 26.3 Å². The van der Waals surface area contributed by atoms with E-state index in [9.17, 15) is 22.8 Å². The smallest absolute Gasteiger partial charge is 0.416 e. The summed E-state index contributed by atoms with van der Waals surface area (Å²) >= 11 is 5.82. The number of hydrogen-bond acceptors (Lipinski definition) is 3. The molecule has 126 valence electrons. The zero-order valence-electron chi connectivity index (χ0n) is 12.3. The van der Waals surface area contributed by atoms with Gasteiger partial charge in [-0.3, -0.25) is 4.79 Å². The van der Waals surface area contributed by atoms with E-state index < -0.39 is 23.6 Å². The van der Waals surface area contributed by atoms with Crippen molar-refractivity contribution in [3.05, 3.63) is 64.2 Å². The standard InChI is InChI=1S/C16H11ClF3NO3/c1-24-15(23)10-4-2-9(3-5-10)14(22)21-13-8-11(16(18,19)20)6-7-12(13)17/h2-8H,1H3,(H,21,22). The van der Waals surface area contributed by atoms with E-state index in [2.05, 4.69) is 10.1 Å². The summed E-state index contributed by atoms with van der Waals surface area (Å²) in [5.74, 6) is -1.23. The van der Waals surface area contributed by atoms with Gasteiger partial charge in [-0.1, -0.05) is 11.6 Å². The fraction of sp³-hybridized carbons (Fsp3) is 0.125. The van der Waals surface area contributed by atoms with Crippen LogP contribution < -0.4 is 5.32 Å². The Balaban J connectivity index is 2.22. The highest BCUT2D eigenvalue weighted by Gasteiger charge is 2.31. The molecule has 0 bridgehead atoms. The minimum atomic E-state index is -4.55. The summed E-state index contributed by atoms with van der Waals surface area (Å²) in [5, 5.41) is 2.29. The number of alkyl halides is 3. The van der Waals surface area contributed by atoms with Crippen molar-refractivity contribution in [1.29, 1.82) is 0 Å². The van der Waals surface area contributed by atoms with Crippen molar-refractivity contribution in [2.45, 2.75) is 6.18 Å². The summed E-state index contributed by atoms with van der Waals surface area (Å²) in [6.07, 6.45) is -4.55. The van der Waals surface area contributed by atoms with Crippen LogP contribution in [0.25, 0.3) is 0 Å². The van der Waals surface area contributed by atoms with Crippen LogP contribution in [0.3, 0.4) is 0 Å². The molecule has 2 aromatic carbocycles. The first-order valence-corrected chi connectivity index (χ1v) is 6.96. The zero-order chi connectivity index (χ0) is 17.9. The number of nitrogens with one attached hydrogen (secondary N) is 1. The SMILES string of the molecule is COC(=O)c1ccc(C(=O)Nc2cc(C(F)(F)F)ccc2Cl)cc1. The van der Waals surface area contributed by atoms with E-state index in [1.165, 1.54) is 31.4 Å². The number of carbonyl (C=O) groups excluding carboxylic acids is 2. The number of esters is 1. The van der Waals surface area contributed by atoms with Crippen molar-refractivity contribution in [1.82, 2.24) is 0 Å². The number of amides is 1. The second-order valence-electron chi connectivity index (χ2n) is 4.72. The van der Waals surface area contributed by atoms with Crippen LogP contribution in [-0.2, 0) is 10.9 Å². The molecule has 0 saturated carbocycles. The third-order valence-corrected chi connectivity index (χ3v) is 3.44. The van der Waals surface area contributed by atoms with E-state index in [0.717, 1.165) is 18.2 Å². The molecule has 0 aliphatic carbocycles. The van der Waals surface area contributed by atoms with Crippen molar-refractivity contribution in [2.24, 2.45) is 0 Å². The van der Waals surface area contributed by atoms with Gasteiger partial charge < -0.3 is 10.1 Å². The van der Waals surface area contributed by atoms with Gasteiger partial charge in [-0.2, -0.15) is 13.2 Å². The monoisotopic (exact) mass is 357 g/mol. The number of ether oxygens (including phenoxy) is 1. The van der Waals surface area contributed by atoms with Crippen LogP contribution in [-0.4, -0.2) is 19.0 Å². The molecule has 0 atom stereocenters. The van der Waals surface area contributed by atoms with Gasteiger partial charge in [0.25, 0.3) is 5.91 Å².